The largest absolute Gasteiger partial charge is 0.513 e. The van der Waals surface area contributed by atoms with E-state index < -0.39 is 0 Å². The number of aliphatic hydroxyl groups excluding tert-OH is 1. The van der Waals surface area contributed by atoms with Crippen LogP contribution in [0.5, 0.6) is 0 Å². The third kappa shape index (κ3) is 2.66. The second-order valence-electron chi connectivity index (χ2n) is 4.91. The molecular formula is C16H21NOS. The van der Waals surface area contributed by atoms with E-state index in [-0.39, 0.29) is 11.7 Å². The van der Waals surface area contributed by atoms with E-state index in [0.29, 0.717) is 0 Å². The quantitative estimate of drug-likeness (QED) is 0.605. The number of aliphatic hydroxyl groups is 1. The topological polar surface area (TPSA) is 36.0 Å². The molecule has 0 aliphatic rings. The average Bonchev–Trinajstić information content (AvgIpc) is 2.71. The lowest BCUT2D eigenvalue weighted by Gasteiger charge is -2.13. The van der Waals surface area contributed by atoms with Gasteiger partial charge in [0.2, 0.25) is 0 Å². The number of para-hydroxylation sites is 1. The Bertz CT molecular complexity index is 600. The molecule has 1 atom stereocenters. The van der Waals surface area contributed by atoms with Gasteiger partial charge in [-0.15, -0.1) is 11.8 Å². The maximum Gasteiger partial charge on any atom is 0.0885 e. The maximum absolute atomic E-state index is 9.67. The molecule has 0 saturated heterocycles. The lowest BCUT2D eigenvalue weighted by molar-refractivity contribution is 0.325. The summed E-state index contributed by atoms with van der Waals surface area (Å²) in [6.45, 7) is 7.88. The fraction of sp³-hybridized carbons (Fsp3) is 0.375. The molecule has 0 saturated carbocycles. The third-order valence-electron chi connectivity index (χ3n) is 3.75. The van der Waals surface area contributed by atoms with E-state index in [4.69, 9.17) is 0 Å². The van der Waals surface area contributed by atoms with E-state index in [1.807, 2.05) is 0 Å². The van der Waals surface area contributed by atoms with E-state index >= 15 is 0 Å². The van der Waals surface area contributed by atoms with Crippen LogP contribution in [0.3, 0.4) is 0 Å². The monoisotopic (exact) mass is 275 g/mol. The van der Waals surface area contributed by atoms with Crippen molar-refractivity contribution in [1.82, 2.24) is 4.98 Å². The van der Waals surface area contributed by atoms with Crippen molar-refractivity contribution in [3.63, 3.8) is 0 Å². The molecule has 102 valence electrons. The van der Waals surface area contributed by atoms with Gasteiger partial charge in [-0.05, 0) is 37.7 Å². The smallest absolute Gasteiger partial charge is 0.0885 e. The standard InChI is InChI=1S/C16H21NOS/c1-5-12(11(3)18)9-14-10(2)17-16-13(14)7-6-8-15(16)19-4/h6-8,12,17-18H,3,5,9H2,1-2,4H3. The van der Waals surface area contributed by atoms with Crippen molar-refractivity contribution in [2.24, 2.45) is 5.92 Å². The molecule has 0 radical (unpaired) electrons. The van der Waals surface area contributed by atoms with Crippen LogP contribution in [0.4, 0.5) is 0 Å². The molecule has 0 spiro atoms. The van der Waals surface area contributed by atoms with Gasteiger partial charge in [0, 0.05) is 21.9 Å². The number of benzene rings is 1. The number of allylic oxidation sites excluding steroid dienone is 1. The van der Waals surface area contributed by atoms with Crippen LogP contribution in [-0.2, 0) is 6.42 Å². The highest BCUT2D eigenvalue weighted by Gasteiger charge is 2.17. The van der Waals surface area contributed by atoms with Gasteiger partial charge in [0.15, 0.2) is 0 Å². The summed E-state index contributed by atoms with van der Waals surface area (Å²) in [5.41, 5.74) is 3.70. The highest BCUT2D eigenvalue weighted by molar-refractivity contribution is 7.98. The summed E-state index contributed by atoms with van der Waals surface area (Å²) in [4.78, 5) is 4.75. The molecule has 2 rings (SSSR count). The Hall–Kier alpha value is -1.35. The summed E-state index contributed by atoms with van der Waals surface area (Å²) in [5.74, 6) is 0.424. The van der Waals surface area contributed by atoms with Crippen LogP contribution in [-0.4, -0.2) is 16.3 Å². The Labute approximate surface area is 118 Å². The van der Waals surface area contributed by atoms with Crippen molar-refractivity contribution in [3.05, 3.63) is 41.8 Å². The van der Waals surface area contributed by atoms with Gasteiger partial charge in [-0.2, -0.15) is 0 Å². The van der Waals surface area contributed by atoms with Crippen molar-refractivity contribution < 1.29 is 5.11 Å². The van der Waals surface area contributed by atoms with Gasteiger partial charge < -0.3 is 10.1 Å². The minimum Gasteiger partial charge on any atom is -0.513 e. The second-order valence-corrected chi connectivity index (χ2v) is 5.76. The zero-order chi connectivity index (χ0) is 14.0. The van der Waals surface area contributed by atoms with Crippen LogP contribution >= 0.6 is 11.8 Å². The molecule has 1 unspecified atom stereocenters. The van der Waals surface area contributed by atoms with Crippen LogP contribution in [0.25, 0.3) is 10.9 Å². The molecule has 0 amide bonds. The first-order chi connectivity index (χ1) is 9.08. The number of rotatable bonds is 5. The predicted molar refractivity (Wildman–Crippen MR) is 84.1 cm³/mol. The van der Waals surface area contributed by atoms with Crippen molar-refractivity contribution in [1.29, 1.82) is 0 Å². The van der Waals surface area contributed by atoms with Crippen molar-refractivity contribution in [3.8, 4) is 0 Å². The van der Waals surface area contributed by atoms with Crippen LogP contribution in [0, 0.1) is 12.8 Å². The van der Waals surface area contributed by atoms with Crippen LogP contribution in [0.15, 0.2) is 35.4 Å². The fourth-order valence-corrected chi connectivity index (χ4v) is 3.13. The number of fused-ring (bicyclic) bond motifs is 1. The Morgan fingerprint density at radius 1 is 1.47 bits per heavy atom. The first-order valence-corrected chi connectivity index (χ1v) is 7.82. The molecule has 0 aliphatic carbocycles. The summed E-state index contributed by atoms with van der Waals surface area (Å²) in [5, 5.41) is 10.9. The third-order valence-corrected chi connectivity index (χ3v) is 4.53. The molecule has 19 heavy (non-hydrogen) atoms. The fourth-order valence-electron chi connectivity index (χ4n) is 2.55. The minimum absolute atomic E-state index is 0.135. The molecule has 3 heteroatoms. The zero-order valence-corrected chi connectivity index (χ0v) is 12.6. The number of thioether (sulfide) groups is 1. The number of hydrogen-bond acceptors (Lipinski definition) is 2. The normalized spacial score (nSPS) is 12.8. The lowest BCUT2D eigenvalue weighted by atomic mass is 9.94. The van der Waals surface area contributed by atoms with E-state index in [1.54, 1.807) is 11.8 Å². The van der Waals surface area contributed by atoms with Crippen LogP contribution in [0.1, 0.15) is 24.6 Å². The minimum atomic E-state index is 0.135. The Kier molecular flexibility index (Phi) is 4.25. The Balaban J connectivity index is 2.49. The van der Waals surface area contributed by atoms with Gasteiger partial charge in [-0.3, -0.25) is 0 Å². The first-order valence-electron chi connectivity index (χ1n) is 6.60. The van der Waals surface area contributed by atoms with Gasteiger partial charge in [-0.1, -0.05) is 25.6 Å². The molecule has 1 aromatic heterocycles. The van der Waals surface area contributed by atoms with Gasteiger partial charge in [0.1, 0.15) is 0 Å². The molecule has 2 aromatic rings. The van der Waals surface area contributed by atoms with Gasteiger partial charge in [-0.25, -0.2) is 0 Å². The Morgan fingerprint density at radius 3 is 2.79 bits per heavy atom. The number of H-pyrrole nitrogens is 1. The van der Waals surface area contributed by atoms with Gasteiger partial charge in [0.05, 0.1) is 11.3 Å². The predicted octanol–water partition coefficient (Wildman–Crippen LogP) is 4.84. The van der Waals surface area contributed by atoms with Crippen LogP contribution < -0.4 is 0 Å². The average molecular weight is 275 g/mol. The van der Waals surface area contributed by atoms with E-state index in [2.05, 4.69) is 49.9 Å². The van der Waals surface area contributed by atoms with Gasteiger partial charge >= 0.3 is 0 Å². The molecular weight excluding hydrogens is 254 g/mol. The summed E-state index contributed by atoms with van der Waals surface area (Å²) >= 11 is 1.75. The summed E-state index contributed by atoms with van der Waals surface area (Å²) in [6, 6.07) is 6.38. The maximum atomic E-state index is 9.67. The molecule has 2 nitrogen and oxygen atoms in total. The summed E-state index contributed by atoms with van der Waals surface area (Å²) < 4.78 is 0. The van der Waals surface area contributed by atoms with E-state index in [1.165, 1.54) is 27.1 Å². The summed E-state index contributed by atoms with van der Waals surface area (Å²) in [7, 11) is 0. The van der Waals surface area contributed by atoms with Crippen LogP contribution in [0.2, 0.25) is 0 Å². The van der Waals surface area contributed by atoms with Gasteiger partial charge in [0.25, 0.3) is 0 Å². The zero-order valence-electron chi connectivity index (χ0n) is 11.8. The molecule has 2 N–H and O–H groups in total. The highest BCUT2D eigenvalue weighted by atomic mass is 32.2. The lowest BCUT2D eigenvalue weighted by Crippen LogP contribution is -2.06. The second kappa shape index (κ2) is 5.74. The number of nitrogens with one attached hydrogen (secondary N) is 1. The SMILES string of the molecule is C=C(O)C(CC)Cc1c(C)[nH]c2c(SC)cccc12. The number of hydrogen-bond donors (Lipinski definition) is 2. The van der Waals surface area contributed by atoms with E-state index in [9.17, 15) is 5.11 Å². The molecule has 0 aliphatic heterocycles. The number of aromatic amines is 1. The van der Waals surface area contributed by atoms with Crippen molar-refractivity contribution in [2.75, 3.05) is 6.26 Å². The highest BCUT2D eigenvalue weighted by Crippen LogP contribution is 2.32. The molecule has 0 bridgehead atoms. The molecule has 1 heterocycles. The molecule has 0 fully saturated rings. The number of aryl methyl sites for hydroxylation is 1. The summed E-state index contributed by atoms with van der Waals surface area (Å²) in [6.07, 6.45) is 3.84. The van der Waals surface area contributed by atoms with E-state index in [0.717, 1.165) is 12.8 Å². The number of aromatic nitrogens is 1. The van der Waals surface area contributed by atoms with Crippen molar-refractivity contribution >= 4 is 22.7 Å². The Morgan fingerprint density at radius 2 is 2.21 bits per heavy atom. The molecule has 1 aromatic carbocycles. The first kappa shape index (κ1) is 14.1. The van der Waals surface area contributed by atoms with Crippen molar-refractivity contribution in [2.45, 2.75) is 31.6 Å².